The van der Waals surface area contributed by atoms with Crippen LogP contribution in [0.4, 0.5) is 5.69 Å². The van der Waals surface area contributed by atoms with Crippen molar-refractivity contribution in [1.82, 2.24) is 4.90 Å². The fourth-order valence-corrected chi connectivity index (χ4v) is 6.19. The number of aliphatic hydroxyl groups is 1. The molecule has 200 valence electrons. The van der Waals surface area contributed by atoms with Crippen LogP contribution in [0, 0.1) is 11.8 Å². The third kappa shape index (κ3) is 5.07. The first kappa shape index (κ1) is 27.4. The van der Waals surface area contributed by atoms with Crippen LogP contribution in [-0.4, -0.2) is 71.8 Å². The molecule has 3 aliphatic heterocycles. The molecular weight excluding hydrogens is 496 g/mol. The summed E-state index contributed by atoms with van der Waals surface area (Å²) in [5.41, 5.74) is -0.501. The zero-order valence-corrected chi connectivity index (χ0v) is 21.8. The molecule has 2 unspecified atom stereocenters. The average Bonchev–Trinajstić information content (AvgIpc) is 3.53. The Bertz CT molecular complexity index is 1030. The van der Waals surface area contributed by atoms with Crippen molar-refractivity contribution in [2.24, 2.45) is 11.8 Å². The minimum absolute atomic E-state index is 0.129. The second-order valence-corrected chi connectivity index (χ2v) is 10.3. The number of halogens is 1. The van der Waals surface area contributed by atoms with Crippen LogP contribution < -0.4 is 4.90 Å². The first-order chi connectivity index (χ1) is 17.9. The lowest BCUT2D eigenvalue weighted by Crippen LogP contribution is -2.56. The molecule has 1 aromatic carbocycles. The Hall–Kier alpha value is -2.68. The molecule has 37 heavy (non-hydrogen) atoms. The summed E-state index contributed by atoms with van der Waals surface area (Å²) in [4.78, 5) is 44.3. The number of rotatable bonds is 13. The Labute approximate surface area is 222 Å². The van der Waals surface area contributed by atoms with Crippen molar-refractivity contribution in [2.45, 2.75) is 56.3 Å². The molecule has 0 aromatic heterocycles. The third-order valence-electron chi connectivity index (χ3n) is 7.63. The number of fused-ring (bicyclic) bond motifs is 1. The van der Waals surface area contributed by atoms with Crippen molar-refractivity contribution in [1.29, 1.82) is 0 Å². The molecule has 3 heterocycles. The molecule has 3 saturated heterocycles. The molecule has 3 aliphatic rings. The number of amides is 2. The summed E-state index contributed by atoms with van der Waals surface area (Å²) >= 11 is 6.06. The number of unbranched alkanes of at least 4 members (excludes halogenated alkanes) is 2. The lowest BCUT2D eigenvalue weighted by molar-refractivity contribution is -0.155. The molecule has 2 amide bonds. The third-order valence-corrected chi connectivity index (χ3v) is 7.88. The molecule has 5 atom stereocenters. The fourth-order valence-electron chi connectivity index (χ4n) is 6.06. The molecule has 4 rings (SSSR count). The van der Waals surface area contributed by atoms with Crippen LogP contribution in [0.1, 0.15) is 38.5 Å². The van der Waals surface area contributed by atoms with Gasteiger partial charge in [0.1, 0.15) is 11.6 Å². The number of ether oxygens (including phenoxy) is 2. The van der Waals surface area contributed by atoms with Crippen LogP contribution in [0.5, 0.6) is 0 Å². The smallest absolute Gasteiger partial charge is 0.312 e. The number of benzene rings is 1. The van der Waals surface area contributed by atoms with Crippen LogP contribution in [-0.2, 0) is 23.9 Å². The molecule has 0 saturated carbocycles. The van der Waals surface area contributed by atoms with E-state index in [9.17, 15) is 19.5 Å². The van der Waals surface area contributed by atoms with Crippen LogP contribution in [0.15, 0.2) is 49.6 Å². The fraction of sp³-hybridized carbons (Fsp3) is 0.536. The van der Waals surface area contributed by atoms with Crippen molar-refractivity contribution < 1.29 is 29.0 Å². The van der Waals surface area contributed by atoms with E-state index in [1.54, 1.807) is 35.2 Å². The van der Waals surface area contributed by atoms with E-state index in [1.165, 1.54) is 4.90 Å². The summed E-state index contributed by atoms with van der Waals surface area (Å²) in [5, 5.41) is 10.0. The maximum atomic E-state index is 14.2. The number of carbonyl (C=O) groups is 3. The Kier molecular flexibility index (Phi) is 8.72. The van der Waals surface area contributed by atoms with Gasteiger partial charge in [0.2, 0.25) is 5.91 Å². The summed E-state index contributed by atoms with van der Waals surface area (Å²) in [5.74, 6) is -2.60. The topological polar surface area (TPSA) is 96.4 Å². The monoisotopic (exact) mass is 530 g/mol. The number of esters is 1. The van der Waals surface area contributed by atoms with Crippen molar-refractivity contribution in [3.05, 3.63) is 54.6 Å². The normalized spacial score (nSPS) is 27.7. The van der Waals surface area contributed by atoms with Gasteiger partial charge in [-0.3, -0.25) is 14.4 Å². The van der Waals surface area contributed by atoms with Gasteiger partial charge in [0.25, 0.3) is 5.91 Å². The van der Waals surface area contributed by atoms with Crippen molar-refractivity contribution >= 4 is 35.1 Å². The van der Waals surface area contributed by atoms with Gasteiger partial charge in [-0.2, -0.15) is 0 Å². The Morgan fingerprint density at radius 2 is 1.97 bits per heavy atom. The van der Waals surface area contributed by atoms with E-state index in [0.717, 1.165) is 12.8 Å². The molecule has 0 aliphatic carbocycles. The van der Waals surface area contributed by atoms with Gasteiger partial charge in [-0.25, -0.2) is 0 Å². The number of nitrogens with zero attached hydrogens (tertiary/aromatic N) is 2. The highest BCUT2D eigenvalue weighted by Crippen LogP contribution is 2.59. The highest BCUT2D eigenvalue weighted by Gasteiger charge is 2.75. The number of hydrogen-bond acceptors (Lipinski definition) is 6. The van der Waals surface area contributed by atoms with Gasteiger partial charge in [-0.1, -0.05) is 23.8 Å². The number of aliphatic hydroxyl groups excluding tert-OH is 1. The van der Waals surface area contributed by atoms with Gasteiger partial charge in [0, 0.05) is 30.4 Å². The van der Waals surface area contributed by atoms with E-state index in [1.807, 2.05) is 6.08 Å². The number of carbonyl (C=O) groups excluding carboxylic acids is 3. The molecule has 8 nitrogen and oxygen atoms in total. The predicted octanol–water partition coefficient (Wildman–Crippen LogP) is 3.52. The van der Waals surface area contributed by atoms with Crippen LogP contribution >= 0.6 is 11.6 Å². The molecule has 9 heteroatoms. The maximum absolute atomic E-state index is 14.2. The van der Waals surface area contributed by atoms with E-state index in [0.29, 0.717) is 36.4 Å². The van der Waals surface area contributed by atoms with E-state index in [2.05, 4.69) is 13.2 Å². The van der Waals surface area contributed by atoms with Gasteiger partial charge < -0.3 is 24.4 Å². The lowest BCUT2D eigenvalue weighted by atomic mass is 9.70. The Morgan fingerprint density at radius 1 is 1.22 bits per heavy atom. The average molecular weight is 531 g/mol. The second kappa shape index (κ2) is 11.8. The summed E-state index contributed by atoms with van der Waals surface area (Å²) in [7, 11) is 0. The number of anilines is 1. The van der Waals surface area contributed by atoms with E-state index in [4.69, 9.17) is 21.1 Å². The highest BCUT2D eigenvalue weighted by atomic mass is 35.5. The number of hydrogen-bond donors (Lipinski definition) is 1. The van der Waals surface area contributed by atoms with E-state index >= 15 is 0 Å². The minimum Gasteiger partial charge on any atom is -0.465 e. The van der Waals surface area contributed by atoms with Crippen LogP contribution in [0.2, 0.25) is 5.02 Å². The highest BCUT2D eigenvalue weighted by molar-refractivity contribution is 6.30. The minimum atomic E-state index is -1.12. The molecule has 0 radical (unpaired) electrons. The molecule has 1 N–H and O–H groups in total. The largest absolute Gasteiger partial charge is 0.465 e. The summed E-state index contributed by atoms with van der Waals surface area (Å²) < 4.78 is 12.0. The standard InChI is InChI=1S/C28H35ClN2O6/c1-3-5-6-7-18-36-27(35)22-21-13-14-28(37-21)23(22)25(33)31(16-8-17-32)24(28)26(34)30(15-4-2)20-11-9-19(29)10-12-20/h3-4,9-12,21-24,32H,1-2,5-8,13-18H2/t21-,22+,23-,24?,28?/m0/s1. The van der Waals surface area contributed by atoms with Crippen molar-refractivity contribution in [2.75, 3.05) is 31.2 Å². The van der Waals surface area contributed by atoms with Gasteiger partial charge in [-0.15, -0.1) is 13.2 Å². The second-order valence-electron chi connectivity index (χ2n) is 9.83. The molecular formula is C28H35ClN2O6. The van der Waals surface area contributed by atoms with Gasteiger partial charge in [0.05, 0.1) is 24.5 Å². The SMILES string of the molecule is C=CCCCCOC(=O)[C@@H]1[C@@H]2CCC3(O2)C(C(=O)N(CC=C)c2ccc(Cl)cc2)N(CCCO)C(=O)[C@H]13. The summed E-state index contributed by atoms with van der Waals surface area (Å²) in [6.07, 6.45) is 6.77. The van der Waals surface area contributed by atoms with Crippen LogP contribution in [0.3, 0.4) is 0 Å². The zero-order valence-electron chi connectivity index (χ0n) is 21.0. The maximum Gasteiger partial charge on any atom is 0.312 e. The first-order valence-electron chi connectivity index (χ1n) is 12.9. The quantitative estimate of drug-likeness (QED) is 0.238. The summed E-state index contributed by atoms with van der Waals surface area (Å²) in [6, 6.07) is 5.95. The van der Waals surface area contributed by atoms with Gasteiger partial charge in [-0.05, 0) is 62.8 Å². The zero-order chi connectivity index (χ0) is 26.6. The number of allylic oxidation sites excluding steroid dienone is 1. The van der Waals surface area contributed by atoms with E-state index in [-0.39, 0.29) is 38.1 Å². The predicted molar refractivity (Wildman–Crippen MR) is 140 cm³/mol. The molecule has 1 aromatic rings. The number of likely N-dealkylation sites (tertiary alicyclic amines) is 1. The summed E-state index contributed by atoms with van der Waals surface area (Å²) in [6.45, 7) is 8.04. The van der Waals surface area contributed by atoms with Crippen molar-refractivity contribution in [3.8, 4) is 0 Å². The van der Waals surface area contributed by atoms with Gasteiger partial charge in [0.15, 0.2) is 0 Å². The van der Waals surface area contributed by atoms with Gasteiger partial charge >= 0.3 is 5.97 Å². The first-order valence-corrected chi connectivity index (χ1v) is 13.3. The molecule has 3 fully saturated rings. The van der Waals surface area contributed by atoms with Crippen molar-refractivity contribution in [3.63, 3.8) is 0 Å². The lowest BCUT2D eigenvalue weighted by Gasteiger charge is -2.36. The molecule has 2 bridgehead atoms. The van der Waals surface area contributed by atoms with E-state index < -0.39 is 35.6 Å². The molecule has 1 spiro atoms. The van der Waals surface area contributed by atoms with Crippen LogP contribution in [0.25, 0.3) is 0 Å². The Balaban J connectivity index is 1.64. The Morgan fingerprint density at radius 3 is 2.65 bits per heavy atom.